The van der Waals surface area contributed by atoms with Crippen molar-refractivity contribution in [3.8, 4) is 46.0 Å². The molecular weight excluding hydrogens is 1440 g/mol. The molecule has 0 aromatic heterocycles. The van der Waals surface area contributed by atoms with Gasteiger partial charge in [0, 0.05) is 122 Å². The number of fused-ring (bicyclic) bond motifs is 16. The van der Waals surface area contributed by atoms with Gasteiger partial charge < -0.3 is 40.9 Å². The Labute approximate surface area is 555 Å². The number of benzene rings is 8. The quantitative estimate of drug-likeness (QED) is 0.0213. The predicted octanol–water partition coefficient (Wildman–Crippen LogP) is 7.89. The molecule has 0 radical (unpaired) electrons. The minimum absolute atomic E-state index is 0.0198. The van der Waals surface area contributed by atoms with E-state index in [0.29, 0.717) is 84.7 Å². The van der Waals surface area contributed by atoms with Gasteiger partial charge in [0.15, 0.2) is 0 Å². The number of phenols is 8. The zero-order valence-corrected chi connectivity index (χ0v) is 54.4. The molecule has 0 fully saturated rings. The van der Waals surface area contributed by atoms with Crippen LogP contribution >= 0.6 is 36.1 Å². The summed E-state index contributed by atoms with van der Waals surface area (Å²) in [4.78, 5) is -5.06. The average Bonchev–Trinajstić information content (AvgIpc) is 0.796. The molecule has 8 aromatic carbocycles. The summed E-state index contributed by atoms with van der Waals surface area (Å²) >= 11 is 0.993. The van der Waals surface area contributed by atoms with Crippen LogP contribution in [0.5, 0.6) is 46.0 Å². The third-order valence-electron chi connectivity index (χ3n) is 14.9. The van der Waals surface area contributed by atoms with Crippen LogP contribution in [0.1, 0.15) is 89.0 Å². The van der Waals surface area contributed by atoms with Crippen molar-refractivity contribution in [1.29, 1.82) is 0 Å². The Morgan fingerprint density at radius 3 is 0.448 bits per heavy atom. The van der Waals surface area contributed by atoms with Crippen LogP contribution in [0.2, 0.25) is 0 Å². The third kappa shape index (κ3) is 16.7. The van der Waals surface area contributed by atoms with Crippen molar-refractivity contribution in [1.82, 2.24) is 0 Å². The lowest BCUT2D eigenvalue weighted by atomic mass is 9.91. The molecule has 9 rings (SSSR count). The molecule has 512 valence electrons. The van der Waals surface area contributed by atoms with Crippen LogP contribution < -0.4 is 0 Å². The number of phenolic OH excluding ortho intramolecular Hbond substituents is 8. The molecule has 0 atom stereocenters. The molecule has 0 amide bonds. The molecule has 0 spiro atoms. The molecule has 40 heteroatoms. The van der Waals surface area contributed by atoms with E-state index in [4.69, 9.17) is 15.8 Å². The second-order valence-corrected chi connectivity index (χ2v) is 30.6. The molecule has 0 saturated carbocycles. The molecular formula is C56H48O32S8. The molecule has 1 aliphatic rings. The van der Waals surface area contributed by atoms with E-state index >= 15 is 0 Å². The first kappa shape index (κ1) is 72.7. The first-order chi connectivity index (χ1) is 44.8. The van der Waals surface area contributed by atoms with Crippen LogP contribution in [-0.2, 0) is 130 Å². The Bertz CT molecular complexity index is 4760. The molecule has 8 aromatic rings. The van der Waals surface area contributed by atoms with Crippen molar-refractivity contribution in [3.05, 3.63) is 186 Å². The summed E-state index contributed by atoms with van der Waals surface area (Å²) in [7, 11) is -26.7. The summed E-state index contributed by atoms with van der Waals surface area (Å²) in [6.45, 7) is 0. The molecule has 0 unspecified atom stereocenters. The van der Waals surface area contributed by atoms with Crippen molar-refractivity contribution in [2.75, 3.05) is 0 Å². The molecule has 16 bridgehead atoms. The first-order valence-electron chi connectivity index (χ1n) is 26.4. The van der Waals surface area contributed by atoms with E-state index in [1.807, 2.05) is 0 Å². The minimum atomic E-state index is -5.37. The maximum atomic E-state index is 13.0. The Kier molecular flexibility index (Phi) is 21.5. The maximum Gasteiger partial charge on any atom is 0.294 e. The molecule has 1 aliphatic carbocycles. The first-order valence-corrected chi connectivity index (χ1v) is 35.9. The van der Waals surface area contributed by atoms with Crippen LogP contribution in [-0.4, -0.2) is 121 Å². The fourth-order valence-electron chi connectivity index (χ4n) is 10.7. The van der Waals surface area contributed by atoms with Gasteiger partial charge >= 0.3 is 0 Å². The standard InChI is InChI=1S/C56H48O32S8/c57-49-25-1-27-11-42(90-87-84-66)13-29(50(27)58)3-31-15-44(92(68,69)70)17-33(52(31)60)5-35-19-46(94(74,75)76)21-37(54(35)62)7-39-23-48(96(80,81)82)24-40(56(39)64)8-38-22-47(95(77,78)79)20-36(55(38)63)6-34-18-45(93(71,72)73)16-32(53(34)61)4-30-14-43(91-88-85-67)12-28(51(30)59)2-26(49)10-41(9-25)89-86-83-65/h9-24,57-67H,1-8H2,(H,68,69,70)(H,71,72,73)(H,74,75,76)(H,77,78,79)(H,80,81,82). The minimum Gasteiger partial charge on any atom is -0.507 e. The number of hydrogen-bond donors (Lipinski definition) is 16. The lowest BCUT2D eigenvalue weighted by Gasteiger charge is -2.19. The highest BCUT2D eigenvalue weighted by Gasteiger charge is 2.29. The van der Waals surface area contributed by atoms with Crippen LogP contribution in [0, 0.1) is 0 Å². The fraction of sp³-hybridized carbons (Fsp3) is 0.143. The lowest BCUT2D eigenvalue weighted by Crippen LogP contribution is -2.07. The van der Waals surface area contributed by atoms with Gasteiger partial charge in [0.25, 0.3) is 50.6 Å². The van der Waals surface area contributed by atoms with Crippen molar-refractivity contribution >= 4 is 86.7 Å². The Balaban J connectivity index is 1.33. The molecule has 0 aliphatic heterocycles. The molecule has 16 N–H and O–H groups in total. The molecule has 0 heterocycles. The van der Waals surface area contributed by atoms with E-state index in [9.17, 15) is 106 Å². The van der Waals surface area contributed by atoms with Gasteiger partial charge in [-0.05, 0) is 130 Å². The van der Waals surface area contributed by atoms with Crippen LogP contribution in [0.25, 0.3) is 0 Å². The van der Waals surface area contributed by atoms with E-state index in [1.54, 1.807) is 0 Å². The third-order valence-corrected chi connectivity index (χ3v) is 20.8. The number of rotatable bonds is 14. The topological polar surface area (TPSA) is 550 Å². The zero-order chi connectivity index (χ0) is 70.3. The lowest BCUT2D eigenvalue weighted by molar-refractivity contribution is -0.432. The van der Waals surface area contributed by atoms with Gasteiger partial charge in [0.1, 0.15) is 46.0 Å². The smallest absolute Gasteiger partial charge is 0.294 e. The highest BCUT2D eigenvalue weighted by molar-refractivity contribution is 7.95. The summed E-state index contributed by atoms with van der Waals surface area (Å²) in [6, 6.07) is 14.1. The van der Waals surface area contributed by atoms with Crippen molar-refractivity contribution in [2.45, 2.75) is 90.5 Å². The summed E-state index contributed by atoms with van der Waals surface area (Å²) in [5.74, 6) is -6.54. The monoisotopic (exact) mass is 1490 g/mol. The van der Waals surface area contributed by atoms with E-state index in [2.05, 4.69) is 28.1 Å². The van der Waals surface area contributed by atoms with Crippen LogP contribution in [0.3, 0.4) is 0 Å². The number of aromatic hydroxyl groups is 8. The van der Waals surface area contributed by atoms with Crippen molar-refractivity contribution < 1.29 is 150 Å². The van der Waals surface area contributed by atoms with E-state index < -0.39 is 228 Å². The zero-order valence-electron chi connectivity index (χ0n) is 47.8. The van der Waals surface area contributed by atoms with Crippen molar-refractivity contribution in [3.63, 3.8) is 0 Å². The van der Waals surface area contributed by atoms with Crippen molar-refractivity contribution in [2.24, 2.45) is 0 Å². The van der Waals surface area contributed by atoms with Gasteiger partial charge in [-0.1, -0.05) is 15.1 Å². The maximum absolute atomic E-state index is 13.0. The van der Waals surface area contributed by atoms with E-state index in [0.717, 1.165) is 12.1 Å². The highest BCUT2D eigenvalue weighted by atomic mass is 32.2. The summed E-state index contributed by atoms with van der Waals surface area (Å²) < 4.78 is 196. The Morgan fingerprint density at radius 1 is 0.229 bits per heavy atom. The Hall–Kier alpha value is -7.60. The molecule has 0 saturated heterocycles. The summed E-state index contributed by atoms with van der Waals surface area (Å²) in [5.41, 5.74) is -6.57. The highest BCUT2D eigenvalue weighted by Crippen LogP contribution is 2.45. The van der Waals surface area contributed by atoms with Gasteiger partial charge in [-0.2, -0.15) is 42.1 Å². The SMILES string of the molecule is O=S(=O)(O)c1cc2c(O)c(c1)Cc1cc(S(=O)(=O)O)cc(c1O)Cc1cc(S(=O)(=O)O)cc(c1O)Cc1cc(S(=O)(=O)O)cc(c1O)Cc1cc(S(=O)(=O)O)cc(c1O)Cc1cc(SOOO)cc(c1O)Cc1cc(SOOO)cc(c1O)Cc1cc(SOOO)cc(c1O)C2. The number of hydrogen-bond acceptors (Lipinski definition) is 30. The molecule has 96 heavy (non-hydrogen) atoms. The predicted molar refractivity (Wildman–Crippen MR) is 328 cm³/mol. The average molecular weight is 1490 g/mol. The van der Waals surface area contributed by atoms with Crippen LogP contribution in [0.15, 0.2) is 136 Å². The molecule has 32 nitrogen and oxygen atoms in total. The van der Waals surface area contributed by atoms with E-state index in [1.165, 1.54) is 36.4 Å². The summed E-state index contributed by atoms with van der Waals surface area (Å²) in [5, 5.41) is 135. The Morgan fingerprint density at radius 2 is 0.344 bits per heavy atom. The summed E-state index contributed by atoms with van der Waals surface area (Å²) in [6.07, 6.45) is -6.35. The van der Waals surface area contributed by atoms with Gasteiger partial charge in [-0.15, -0.1) is 13.0 Å². The normalized spacial score (nSPS) is 13.6. The van der Waals surface area contributed by atoms with Gasteiger partial charge in [-0.25, -0.2) is 15.8 Å². The van der Waals surface area contributed by atoms with Gasteiger partial charge in [0.05, 0.1) is 60.6 Å². The fourth-order valence-corrected chi connectivity index (χ4v) is 15.1. The van der Waals surface area contributed by atoms with E-state index in [-0.39, 0.29) is 48.1 Å². The largest absolute Gasteiger partial charge is 0.507 e. The second-order valence-electron chi connectivity index (χ2n) is 21.2. The van der Waals surface area contributed by atoms with Crippen LogP contribution in [0.4, 0.5) is 0 Å². The van der Waals surface area contributed by atoms with Gasteiger partial charge in [0.2, 0.25) is 0 Å². The second kappa shape index (κ2) is 28.5. The van der Waals surface area contributed by atoms with Gasteiger partial charge in [-0.3, -0.25) is 22.8 Å².